The molecule has 70 heteroatoms. The average molecular weight is 1860 g/mol. The molecule has 21 aliphatic heterocycles. The van der Waals surface area contributed by atoms with E-state index in [-0.39, 0.29) is 207 Å². The van der Waals surface area contributed by atoms with Gasteiger partial charge in [-0.1, -0.05) is 0 Å². The molecule has 21 fully saturated rings. The quantitative estimate of drug-likeness (QED) is 0.0375. The first-order valence-corrected chi connectivity index (χ1v) is 38.8. The molecule has 0 aliphatic carbocycles. The number of hydrogen-bond donors (Lipinski definition) is 21. The molecule has 112 heavy (non-hydrogen) atoms. The van der Waals surface area contributed by atoms with Gasteiger partial charge < -0.3 is 138 Å². The van der Waals surface area contributed by atoms with Gasteiger partial charge in [0.1, 0.15) is 171 Å². The molecule has 35 atom stereocenters. The minimum absolute atomic E-state index is 0. The molecular formula is C42H70Na7O56S7. The second-order valence-corrected chi connectivity index (χ2v) is 31.0. The molecule has 0 saturated carbocycles. The van der Waals surface area contributed by atoms with Crippen LogP contribution in [0.3, 0.4) is 0 Å². The third-order valence-corrected chi connectivity index (χ3v) is 19.2. The summed E-state index contributed by atoms with van der Waals surface area (Å²) in [5, 5.41) is 163. The van der Waals surface area contributed by atoms with Gasteiger partial charge in [0.15, 0.2) is 44.0 Å². The summed E-state index contributed by atoms with van der Waals surface area (Å²) >= 11 is 0. The van der Waals surface area contributed by atoms with Crippen LogP contribution in [0.5, 0.6) is 0 Å². The SMILES string of the molecule is O=S(=O)(O)OC[C@H]1O[C@@H]2O[C@H]3[C@H](O)[C@@H](O)[C@@H](O[C@H]4[C@H](O)[C@@H](O)[C@@H](O[C@H]5[C@H](O)[C@@H](O)[C@@H](O[C@H]6[C@H](O)[C@@H](O)[C@@H](O[C@H]7[C@H](O)[C@@H](O)[C@@H](O[C@H]8[C@H](O)[C@@H](O)[C@@H](O[C@H]1[C@H](O)[C@H]2O)O[C@@H]8COS(=O)(=O)O)O[C@@H]7COS(=O)(=O)O)O[C@@H]6COS(=O)(=O)O)O[C@@H]5COS(=O)(=O)O)O[C@@H]4COS(=O)(=O)O)O[C@@H]3COS(=O)(=O)O.[Na].[Na].[Na].[Na].[Na].[Na].[Na]. The summed E-state index contributed by atoms with van der Waals surface area (Å²) in [5.41, 5.74) is 0. The van der Waals surface area contributed by atoms with E-state index < -0.39 is 334 Å². The van der Waals surface area contributed by atoms with Crippen molar-refractivity contribution < 1.29 is 258 Å². The van der Waals surface area contributed by atoms with Crippen LogP contribution in [0.1, 0.15) is 0 Å². The normalized spacial score (nSPS) is 42.1. The molecule has 0 unspecified atom stereocenters. The molecule has 21 aliphatic rings. The van der Waals surface area contributed by atoms with Crippen LogP contribution >= 0.6 is 0 Å². The van der Waals surface area contributed by atoms with Gasteiger partial charge in [-0.25, -0.2) is 29.3 Å². The molecule has 0 aromatic heterocycles. The van der Waals surface area contributed by atoms with Gasteiger partial charge in [0.05, 0.1) is 46.2 Å². The van der Waals surface area contributed by atoms with Crippen molar-refractivity contribution in [2.75, 3.05) is 46.2 Å². The molecule has 0 spiro atoms. The largest absolute Gasteiger partial charge is 0.397 e. The summed E-state index contributed by atoms with van der Waals surface area (Å²) < 4.78 is 343. The number of hydrogen-bond acceptors (Lipinski definition) is 49. The molecule has 21 N–H and O–H groups in total. The zero-order valence-electron chi connectivity index (χ0n) is 58.7. The summed E-state index contributed by atoms with van der Waals surface area (Å²) in [6.45, 7) is -11.6. The van der Waals surface area contributed by atoms with Crippen LogP contribution in [0.15, 0.2) is 0 Å². The number of aliphatic hydroxyl groups is 14. The average Bonchev–Trinajstić information content (AvgIpc) is 0.778. The van der Waals surface area contributed by atoms with Crippen molar-refractivity contribution in [1.29, 1.82) is 0 Å². The van der Waals surface area contributed by atoms with Gasteiger partial charge in [0.2, 0.25) is 0 Å². The van der Waals surface area contributed by atoms with Crippen LogP contribution < -0.4 is 0 Å². The fourth-order valence-electron chi connectivity index (χ4n) is 11.4. The van der Waals surface area contributed by atoms with Gasteiger partial charge in [-0.3, -0.25) is 31.9 Å². The Kier molecular flexibility index (Phi) is 48.6. The predicted molar refractivity (Wildman–Crippen MR) is 342 cm³/mol. The fraction of sp³-hybridized carbons (Fsp3) is 1.00. The third-order valence-electron chi connectivity index (χ3n) is 16.2. The molecule has 0 aromatic rings. The Bertz CT molecular complexity index is 3080. The summed E-state index contributed by atoms with van der Waals surface area (Å²) in [6, 6.07) is 0. The Labute approximate surface area is 788 Å². The van der Waals surface area contributed by atoms with Gasteiger partial charge in [-0.15, -0.1) is 0 Å². The topological polar surface area (TPSA) is 858 Å². The van der Waals surface area contributed by atoms with E-state index >= 15 is 0 Å². The van der Waals surface area contributed by atoms with E-state index in [0.29, 0.717) is 0 Å². The zero-order chi connectivity index (χ0) is 78.5. The van der Waals surface area contributed by atoms with Crippen molar-refractivity contribution in [3.63, 3.8) is 0 Å². The second kappa shape index (κ2) is 47.3. The summed E-state index contributed by atoms with van der Waals surface area (Å²) in [4.78, 5) is 0. The minimum atomic E-state index is -5.67. The van der Waals surface area contributed by atoms with E-state index in [9.17, 15) is 162 Å². The van der Waals surface area contributed by atoms with Gasteiger partial charge in [0.25, 0.3) is 0 Å². The van der Waals surface area contributed by atoms with Crippen LogP contribution in [-0.2, 0) is 168 Å². The molecule has 14 bridgehead atoms. The van der Waals surface area contributed by atoms with Crippen molar-refractivity contribution >= 4 is 280 Å². The Hall–Kier alpha value is 4.97. The molecule has 21 heterocycles. The molecular weight excluding hydrogens is 1790 g/mol. The van der Waals surface area contributed by atoms with E-state index in [1.54, 1.807) is 0 Å². The first kappa shape index (κ1) is 115. The first-order chi connectivity index (χ1) is 48.2. The Morgan fingerprint density at radius 2 is 0.259 bits per heavy atom. The zero-order valence-corrected chi connectivity index (χ0v) is 78.4. The van der Waals surface area contributed by atoms with Crippen LogP contribution in [-0.4, -0.2) is 630 Å². The number of ether oxygens (including phenoxy) is 14. The molecule has 56 nitrogen and oxygen atoms in total. The Morgan fingerprint density at radius 3 is 0.339 bits per heavy atom. The van der Waals surface area contributed by atoms with E-state index in [0.717, 1.165) is 0 Å². The standard InChI is InChI=1S/C42H70O56S7.7Na/c43-15-22(50)36-85-8(1-78-99(57,58)59)29(15)92-37-23(51)16(44)31(10(86-37)3-80-101(63,64)65)94-39-25(53)18(46)33(12(88-39)5-82-103(69,70)71)96-41-27(55)20(48)35(14(90-41)7-84-105(75,76)77)98-42-28(56)21(49)34(13(91-42)6-83-104(72,73)74)97-40-26(54)19(47)32(11(89-40)4-81-102(66,67)68)95-38-24(52)17(45)30(93-36)9(87-38)2-79-100(60,61)62;;;;;;;/h8-56H,1-7H2,(H,57,58,59)(H,60,61,62)(H,63,64,65)(H,66,67,68)(H,69,70,71)(H,72,73,74)(H,75,76,77);;;;;;;/t8-,9-,10-,11-,12-,13-,14-,15-,16-,17-,18-,19-,20-,21-,22-,23-,24-,25-,26-,27-,28-,29-,30-,31-,32-,33-,34-,35-,36-,37-,38-,39-,40-,41-,42-;;;;;;;/m1......./s1. The summed E-state index contributed by atoms with van der Waals surface area (Å²) in [7, 11) is -39.7. The maximum absolute atomic E-state index is 12.0. The van der Waals surface area contributed by atoms with Crippen LogP contribution in [0.2, 0.25) is 0 Å². The van der Waals surface area contributed by atoms with Gasteiger partial charge in [-0.2, -0.15) is 58.9 Å². The first-order valence-electron chi connectivity index (χ1n) is 29.2. The molecule has 7 radical (unpaired) electrons. The predicted octanol–water partition coefficient (Wildman–Crippen LogP) is -19.1. The van der Waals surface area contributed by atoms with Crippen LogP contribution in [0, 0.1) is 0 Å². The summed E-state index contributed by atoms with van der Waals surface area (Å²) in [6.07, 6.45) is -93.1. The molecule has 21 rings (SSSR count). The van der Waals surface area contributed by atoms with Crippen LogP contribution in [0.25, 0.3) is 0 Å². The van der Waals surface area contributed by atoms with E-state index in [1.165, 1.54) is 0 Å². The minimum Gasteiger partial charge on any atom is -0.387 e. The Morgan fingerprint density at radius 1 is 0.170 bits per heavy atom. The molecule has 0 amide bonds. The van der Waals surface area contributed by atoms with Gasteiger partial charge in [-0.05, 0) is 0 Å². The summed E-state index contributed by atoms with van der Waals surface area (Å²) in [5.74, 6) is 0. The maximum Gasteiger partial charge on any atom is 0.397 e. The Balaban J connectivity index is 0.00000896. The monoisotopic (exact) mass is 1850 g/mol. The van der Waals surface area contributed by atoms with Crippen molar-refractivity contribution in [3.8, 4) is 0 Å². The van der Waals surface area contributed by atoms with Crippen molar-refractivity contribution in [3.05, 3.63) is 0 Å². The van der Waals surface area contributed by atoms with Gasteiger partial charge in [0, 0.05) is 207 Å². The van der Waals surface area contributed by atoms with Crippen molar-refractivity contribution in [1.82, 2.24) is 0 Å². The molecule has 623 valence electrons. The third kappa shape index (κ3) is 32.3. The van der Waals surface area contributed by atoms with Crippen molar-refractivity contribution in [2.45, 2.75) is 215 Å². The van der Waals surface area contributed by atoms with Gasteiger partial charge >= 0.3 is 72.8 Å². The molecule has 21 saturated heterocycles. The van der Waals surface area contributed by atoms with E-state index in [4.69, 9.17) is 66.3 Å². The number of rotatable bonds is 21. The molecule has 0 aromatic carbocycles. The van der Waals surface area contributed by atoms with E-state index in [1.807, 2.05) is 0 Å². The smallest absolute Gasteiger partial charge is 0.387 e. The van der Waals surface area contributed by atoms with Crippen LogP contribution in [0.4, 0.5) is 0 Å². The number of aliphatic hydroxyl groups excluding tert-OH is 14. The van der Waals surface area contributed by atoms with E-state index in [2.05, 4.69) is 29.3 Å². The van der Waals surface area contributed by atoms with Crippen molar-refractivity contribution in [2.24, 2.45) is 0 Å². The maximum atomic E-state index is 12.0. The fourth-order valence-corrected chi connectivity index (χ4v) is 13.5. The second-order valence-electron chi connectivity index (χ2n) is 23.4.